The molecule has 0 spiro atoms. The Balaban J connectivity index is 1.75. The number of methoxy groups -OCH3 is 2. The first kappa shape index (κ1) is 21.7. The van der Waals surface area contributed by atoms with Crippen LogP contribution in [0.2, 0.25) is 0 Å². The molecule has 0 atom stereocenters. The predicted octanol–water partition coefficient (Wildman–Crippen LogP) is 1.89. The van der Waals surface area contributed by atoms with Gasteiger partial charge in [0.2, 0.25) is 5.91 Å². The summed E-state index contributed by atoms with van der Waals surface area (Å²) in [5.74, 6) is -0.0903. The summed E-state index contributed by atoms with van der Waals surface area (Å²) in [6.07, 6.45) is 0.0390. The molecule has 0 saturated carbocycles. The number of carbonyl (C=O) groups excluding carboxylic acids is 3. The molecule has 8 heteroatoms. The van der Waals surface area contributed by atoms with Gasteiger partial charge in [0, 0.05) is 18.8 Å². The van der Waals surface area contributed by atoms with Gasteiger partial charge in [-0.25, -0.2) is 0 Å². The van der Waals surface area contributed by atoms with Gasteiger partial charge in [-0.3, -0.25) is 14.4 Å². The Morgan fingerprint density at radius 2 is 1.66 bits per heavy atom. The van der Waals surface area contributed by atoms with Crippen LogP contribution in [0.15, 0.2) is 48.5 Å². The highest BCUT2D eigenvalue weighted by atomic mass is 16.5. The number of nitrogens with one attached hydrogen (secondary N) is 1. The van der Waals surface area contributed by atoms with Gasteiger partial charge in [-0.2, -0.15) is 0 Å². The van der Waals surface area contributed by atoms with Crippen molar-refractivity contribution in [3.63, 3.8) is 0 Å². The molecule has 0 radical (unpaired) electrons. The monoisotopic (exact) mass is 400 g/mol. The molecule has 8 nitrogen and oxygen atoms in total. The minimum Gasteiger partial charge on any atom is -0.497 e. The van der Waals surface area contributed by atoms with Gasteiger partial charge in [0.25, 0.3) is 5.91 Å². The Morgan fingerprint density at radius 3 is 2.31 bits per heavy atom. The maximum atomic E-state index is 12.1. The molecular weight excluding hydrogens is 376 g/mol. The zero-order chi connectivity index (χ0) is 21.2. The molecular formula is C21H24N2O6. The van der Waals surface area contributed by atoms with E-state index in [2.05, 4.69) is 5.32 Å². The first-order chi connectivity index (χ1) is 13.9. The van der Waals surface area contributed by atoms with Crippen molar-refractivity contribution in [1.29, 1.82) is 0 Å². The van der Waals surface area contributed by atoms with E-state index in [1.807, 2.05) is 0 Å². The fraction of sp³-hybridized carbons (Fsp3) is 0.286. The zero-order valence-corrected chi connectivity index (χ0v) is 16.6. The van der Waals surface area contributed by atoms with Crippen molar-refractivity contribution in [3.05, 3.63) is 54.1 Å². The normalized spacial score (nSPS) is 10.0. The number of hydrogen-bond acceptors (Lipinski definition) is 6. The number of esters is 1. The van der Waals surface area contributed by atoms with Gasteiger partial charge in [-0.15, -0.1) is 0 Å². The van der Waals surface area contributed by atoms with Gasteiger partial charge in [0.05, 0.1) is 27.2 Å². The lowest BCUT2D eigenvalue weighted by molar-refractivity contribution is -0.151. The molecule has 154 valence electrons. The van der Waals surface area contributed by atoms with Gasteiger partial charge in [0.15, 0.2) is 6.61 Å². The maximum Gasteiger partial charge on any atom is 0.310 e. The molecule has 2 aromatic carbocycles. The summed E-state index contributed by atoms with van der Waals surface area (Å²) in [7, 11) is 4.55. The molecule has 2 aromatic rings. The van der Waals surface area contributed by atoms with Gasteiger partial charge < -0.3 is 24.4 Å². The fourth-order valence-corrected chi connectivity index (χ4v) is 2.42. The van der Waals surface area contributed by atoms with Crippen LogP contribution in [0.5, 0.6) is 11.5 Å². The highest BCUT2D eigenvalue weighted by Gasteiger charge is 2.15. The molecule has 29 heavy (non-hydrogen) atoms. The smallest absolute Gasteiger partial charge is 0.310 e. The van der Waals surface area contributed by atoms with E-state index in [4.69, 9.17) is 14.2 Å². The van der Waals surface area contributed by atoms with E-state index in [0.29, 0.717) is 17.2 Å². The van der Waals surface area contributed by atoms with Crippen LogP contribution in [0.1, 0.15) is 5.56 Å². The van der Waals surface area contributed by atoms with Crippen molar-refractivity contribution in [2.45, 2.75) is 6.42 Å². The fourth-order valence-electron chi connectivity index (χ4n) is 2.42. The molecule has 0 unspecified atom stereocenters. The van der Waals surface area contributed by atoms with Crippen LogP contribution in [0.3, 0.4) is 0 Å². The highest BCUT2D eigenvalue weighted by molar-refractivity contribution is 5.95. The highest BCUT2D eigenvalue weighted by Crippen LogP contribution is 2.16. The molecule has 0 aliphatic heterocycles. The average Bonchev–Trinajstić information content (AvgIpc) is 2.72. The minimum absolute atomic E-state index is 0.0390. The Hall–Kier alpha value is -3.55. The van der Waals surface area contributed by atoms with E-state index in [1.165, 1.54) is 19.1 Å². The third-order valence-electron chi connectivity index (χ3n) is 4.02. The van der Waals surface area contributed by atoms with Crippen molar-refractivity contribution < 1.29 is 28.6 Å². The lowest BCUT2D eigenvalue weighted by Gasteiger charge is -2.17. The largest absolute Gasteiger partial charge is 0.497 e. The number of amides is 2. The number of rotatable bonds is 9. The van der Waals surface area contributed by atoms with Crippen molar-refractivity contribution in [1.82, 2.24) is 4.90 Å². The summed E-state index contributed by atoms with van der Waals surface area (Å²) >= 11 is 0. The van der Waals surface area contributed by atoms with E-state index >= 15 is 0 Å². The molecule has 0 heterocycles. The topological polar surface area (TPSA) is 94.2 Å². The Labute approximate surface area is 169 Å². The number of hydrogen-bond donors (Lipinski definition) is 1. The molecule has 1 N–H and O–H groups in total. The molecule has 0 aliphatic carbocycles. The Bertz CT molecular complexity index is 851. The minimum atomic E-state index is -0.530. The molecule has 2 rings (SSSR count). The first-order valence-electron chi connectivity index (χ1n) is 8.87. The second-order valence-electron chi connectivity index (χ2n) is 6.22. The quantitative estimate of drug-likeness (QED) is 0.646. The molecule has 0 fully saturated rings. The first-order valence-corrected chi connectivity index (χ1v) is 8.87. The summed E-state index contributed by atoms with van der Waals surface area (Å²) in [5, 5.41) is 2.68. The van der Waals surface area contributed by atoms with Gasteiger partial charge in [0.1, 0.15) is 11.5 Å². The predicted molar refractivity (Wildman–Crippen MR) is 107 cm³/mol. The Kier molecular flexibility index (Phi) is 8.02. The lowest BCUT2D eigenvalue weighted by atomic mass is 10.1. The molecule has 2 amide bonds. The molecule has 0 aromatic heterocycles. The zero-order valence-electron chi connectivity index (χ0n) is 16.6. The number of anilines is 1. The second kappa shape index (κ2) is 10.7. The second-order valence-corrected chi connectivity index (χ2v) is 6.22. The third-order valence-corrected chi connectivity index (χ3v) is 4.02. The summed E-state index contributed by atoms with van der Waals surface area (Å²) < 4.78 is 15.2. The van der Waals surface area contributed by atoms with Crippen molar-refractivity contribution >= 4 is 23.5 Å². The number of likely N-dealkylation sites (N-methyl/N-ethyl adjacent to an activating group) is 1. The van der Waals surface area contributed by atoms with Crippen LogP contribution in [0.4, 0.5) is 5.69 Å². The average molecular weight is 400 g/mol. The summed E-state index contributed by atoms with van der Waals surface area (Å²) in [6, 6.07) is 13.8. The number of carbonyl (C=O) groups is 3. The number of benzene rings is 2. The van der Waals surface area contributed by atoms with Gasteiger partial charge in [-0.05, 0) is 29.8 Å². The van der Waals surface area contributed by atoms with E-state index in [0.717, 1.165) is 5.56 Å². The summed E-state index contributed by atoms with van der Waals surface area (Å²) in [6.45, 7) is -0.607. The van der Waals surface area contributed by atoms with Gasteiger partial charge >= 0.3 is 5.97 Å². The van der Waals surface area contributed by atoms with Crippen LogP contribution in [0, 0.1) is 0 Å². The van der Waals surface area contributed by atoms with Crippen LogP contribution < -0.4 is 14.8 Å². The lowest BCUT2D eigenvalue weighted by Crippen LogP contribution is -2.37. The van der Waals surface area contributed by atoms with E-state index in [9.17, 15) is 14.4 Å². The SMILES string of the molecule is COc1ccc(CC(=O)OCC(=O)N(C)CC(=O)Nc2cccc(OC)c2)cc1. The molecule has 0 saturated heterocycles. The summed E-state index contributed by atoms with van der Waals surface area (Å²) in [4.78, 5) is 37.3. The maximum absolute atomic E-state index is 12.1. The standard InChI is InChI=1S/C21H24N2O6/c1-23(13-19(24)22-16-5-4-6-18(12-16)28-3)20(25)14-29-21(26)11-15-7-9-17(27-2)10-8-15/h4-10,12H,11,13-14H2,1-3H3,(H,22,24). The van der Waals surface area contributed by atoms with E-state index in [-0.39, 0.29) is 18.9 Å². The van der Waals surface area contributed by atoms with Crippen LogP contribution >= 0.6 is 0 Å². The van der Waals surface area contributed by atoms with E-state index < -0.39 is 18.5 Å². The number of ether oxygens (including phenoxy) is 3. The van der Waals surface area contributed by atoms with Crippen LogP contribution in [0.25, 0.3) is 0 Å². The molecule has 0 aliphatic rings. The van der Waals surface area contributed by atoms with E-state index in [1.54, 1.807) is 55.6 Å². The van der Waals surface area contributed by atoms with Crippen molar-refractivity contribution in [2.24, 2.45) is 0 Å². The van der Waals surface area contributed by atoms with Crippen molar-refractivity contribution in [2.75, 3.05) is 39.7 Å². The van der Waals surface area contributed by atoms with Crippen LogP contribution in [-0.4, -0.2) is 57.1 Å². The number of nitrogens with zero attached hydrogens (tertiary/aromatic N) is 1. The van der Waals surface area contributed by atoms with Crippen molar-refractivity contribution in [3.8, 4) is 11.5 Å². The molecule has 0 bridgehead atoms. The van der Waals surface area contributed by atoms with Gasteiger partial charge in [-0.1, -0.05) is 18.2 Å². The van der Waals surface area contributed by atoms with Crippen LogP contribution in [-0.2, 0) is 25.5 Å². The summed E-state index contributed by atoms with van der Waals surface area (Å²) in [5.41, 5.74) is 1.30. The Morgan fingerprint density at radius 1 is 0.966 bits per heavy atom. The third kappa shape index (κ3) is 7.17.